The van der Waals surface area contributed by atoms with E-state index < -0.39 is 0 Å². The first-order chi connectivity index (χ1) is 8.09. The van der Waals surface area contributed by atoms with Gasteiger partial charge in [0.15, 0.2) is 5.55 Å². The summed E-state index contributed by atoms with van der Waals surface area (Å²) in [4.78, 5) is 14.6. The average Bonchev–Trinajstić information content (AvgIpc) is 2.59. The maximum Gasteiger partial charge on any atom is 0.361 e. The molecule has 0 saturated carbocycles. The molecule has 3 heteroatoms. The van der Waals surface area contributed by atoms with Gasteiger partial charge < -0.3 is 9.40 Å². The van der Waals surface area contributed by atoms with Gasteiger partial charge in [0.25, 0.3) is 0 Å². The van der Waals surface area contributed by atoms with Gasteiger partial charge in [-0.05, 0) is 23.6 Å². The summed E-state index contributed by atoms with van der Waals surface area (Å²) < 4.78 is 4.92. The summed E-state index contributed by atoms with van der Waals surface area (Å²) in [6.07, 6.45) is 0. The lowest BCUT2D eigenvalue weighted by molar-refractivity contribution is 0.488. The number of hydrogen-bond acceptors (Lipinski definition) is 2. The molecular weight excluding hydrogens is 214 g/mol. The molecule has 1 aromatic heterocycles. The van der Waals surface area contributed by atoms with Crippen LogP contribution in [0.15, 0.2) is 39.5 Å². The number of oxazole rings is 1. The smallest absolute Gasteiger partial charge is 0.361 e. The van der Waals surface area contributed by atoms with Crippen LogP contribution in [0.5, 0.6) is 0 Å². The molecule has 2 aromatic rings. The lowest BCUT2D eigenvalue weighted by Gasteiger charge is -2.09. The largest absolute Gasteiger partial charge is 0.405 e. The highest BCUT2D eigenvalue weighted by atomic mass is 16.4. The molecule has 0 aliphatic carbocycles. The van der Waals surface area contributed by atoms with E-state index in [9.17, 15) is 4.79 Å². The predicted octanol–water partition coefficient (Wildman–Crippen LogP) is 1.23. The molecule has 88 valence electrons. The van der Waals surface area contributed by atoms with Gasteiger partial charge >= 0.3 is 5.63 Å². The van der Waals surface area contributed by atoms with Crippen molar-refractivity contribution >= 4 is 12.2 Å². The van der Waals surface area contributed by atoms with Gasteiger partial charge in [0.1, 0.15) is 5.35 Å². The molecule has 17 heavy (non-hydrogen) atoms. The molecule has 0 amide bonds. The van der Waals surface area contributed by atoms with Crippen LogP contribution in [-0.2, 0) is 0 Å². The van der Waals surface area contributed by atoms with E-state index in [1.165, 1.54) is 0 Å². The Morgan fingerprint density at radius 3 is 2.41 bits per heavy atom. The van der Waals surface area contributed by atoms with E-state index in [-0.39, 0.29) is 11.5 Å². The lowest BCUT2D eigenvalue weighted by Crippen LogP contribution is -2.27. The quantitative estimate of drug-likeness (QED) is 0.842. The molecule has 1 heterocycles. The molecule has 0 aliphatic rings. The molecule has 0 unspecified atom stereocenters. The van der Waals surface area contributed by atoms with E-state index in [2.05, 4.69) is 11.6 Å². The Balaban J connectivity index is 2.83. The van der Waals surface area contributed by atoms with Crippen molar-refractivity contribution in [3.63, 3.8) is 0 Å². The van der Waals surface area contributed by atoms with Crippen molar-refractivity contribution in [3.05, 3.63) is 57.2 Å². The van der Waals surface area contributed by atoms with Gasteiger partial charge in [-0.3, -0.25) is 0 Å². The fourth-order valence-electron chi connectivity index (χ4n) is 1.94. The Labute approximate surface area is 99.1 Å². The van der Waals surface area contributed by atoms with Crippen LogP contribution in [0.3, 0.4) is 0 Å². The molecule has 1 N–H and O–H groups in total. The van der Waals surface area contributed by atoms with Gasteiger partial charge in [-0.15, -0.1) is 0 Å². The summed E-state index contributed by atoms with van der Waals surface area (Å²) in [5.41, 5.74) is 1.91. The molecule has 0 fully saturated rings. The number of aromatic nitrogens is 1. The minimum absolute atomic E-state index is 0.221. The lowest BCUT2D eigenvalue weighted by atomic mass is 9.95. The molecule has 0 aliphatic heterocycles. The highest BCUT2D eigenvalue weighted by Gasteiger charge is 2.11. The van der Waals surface area contributed by atoms with Crippen molar-refractivity contribution in [3.8, 4) is 0 Å². The normalized spacial score (nSPS) is 12.9. The highest BCUT2D eigenvalue weighted by molar-refractivity contribution is 5.65. The molecular formula is C14H15NO2. The second-order valence-electron chi connectivity index (χ2n) is 4.25. The van der Waals surface area contributed by atoms with Crippen molar-refractivity contribution < 1.29 is 4.42 Å². The van der Waals surface area contributed by atoms with E-state index in [0.29, 0.717) is 10.9 Å². The van der Waals surface area contributed by atoms with Gasteiger partial charge in [-0.2, -0.15) is 0 Å². The Hall–Kier alpha value is -2.03. The zero-order chi connectivity index (χ0) is 12.4. The van der Waals surface area contributed by atoms with E-state index in [1.807, 2.05) is 44.2 Å². The van der Waals surface area contributed by atoms with Crippen LogP contribution in [0, 0.1) is 5.92 Å². The fourth-order valence-corrected chi connectivity index (χ4v) is 1.94. The second kappa shape index (κ2) is 4.45. The summed E-state index contributed by atoms with van der Waals surface area (Å²) in [7, 11) is 0. The first-order valence-electron chi connectivity index (χ1n) is 5.57. The molecule has 0 atom stereocenters. The standard InChI is InChI=1S/C14H15NO2/c1-9(2)12(11-7-5-4-6-8-11)13-14(16)17-10(3)15-13/h4-9,15H,3H2,1-2H3. The van der Waals surface area contributed by atoms with Crippen LogP contribution in [0.2, 0.25) is 0 Å². The summed E-state index contributed by atoms with van der Waals surface area (Å²) in [5.74, 6) is 0.221. The molecule has 0 spiro atoms. The number of nitrogens with one attached hydrogen (secondary N) is 1. The zero-order valence-electron chi connectivity index (χ0n) is 9.99. The van der Waals surface area contributed by atoms with E-state index in [0.717, 1.165) is 11.1 Å². The van der Waals surface area contributed by atoms with Crippen LogP contribution in [-0.4, -0.2) is 4.98 Å². The molecule has 1 aromatic carbocycles. The summed E-state index contributed by atoms with van der Waals surface area (Å²) in [6.45, 7) is 7.70. The Bertz CT molecular complexity index is 662. The number of rotatable bonds is 2. The first kappa shape index (κ1) is 11.5. The van der Waals surface area contributed by atoms with Gasteiger partial charge in [0.05, 0.1) is 0 Å². The molecule has 0 bridgehead atoms. The maximum atomic E-state index is 11.7. The van der Waals surface area contributed by atoms with Crippen LogP contribution in [0.1, 0.15) is 19.4 Å². The number of aromatic amines is 1. The van der Waals surface area contributed by atoms with Crippen LogP contribution in [0.4, 0.5) is 0 Å². The van der Waals surface area contributed by atoms with Crippen LogP contribution < -0.4 is 16.5 Å². The topological polar surface area (TPSA) is 46.0 Å². The van der Waals surface area contributed by atoms with Crippen LogP contribution in [0.25, 0.3) is 12.2 Å². The van der Waals surface area contributed by atoms with Crippen molar-refractivity contribution in [1.29, 1.82) is 0 Å². The SMILES string of the molecule is C=c1[nH]c(=C(c2ccccc2)C(C)C)c(=O)o1. The van der Waals surface area contributed by atoms with Crippen molar-refractivity contribution in [2.75, 3.05) is 0 Å². The maximum absolute atomic E-state index is 11.7. The Morgan fingerprint density at radius 2 is 1.94 bits per heavy atom. The molecule has 0 radical (unpaired) electrons. The third-order valence-corrected chi connectivity index (χ3v) is 2.62. The highest BCUT2D eigenvalue weighted by Crippen LogP contribution is 2.18. The zero-order valence-corrected chi connectivity index (χ0v) is 9.99. The Kier molecular flexibility index (Phi) is 3.00. The molecule has 0 saturated heterocycles. The molecule has 2 rings (SSSR count). The van der Waals surface area contributed by atoms with E-state index in [4.69, 9.17) is 4.42 Å². The predicted molar refractivity (Wildman–Crippen MR) is 67.9 cm³/mol. The van der Waals surface area contributed by atoms with E-state index in [1.54, 1.807) is 0 Å². The summed E-state index contributed by atoms with van der Waals surface area (Å²) >= 11 is 0. The second-order valence-corrected chi connectivity index (χ2v) is 4.25. The minimum atomic E-state index is -0.359. The third kappa shape index (κ3) is 2.23. The monoisotopic (exact) mass is 229 g/mol. The number of H-pyrrole nitrogens is 1. The first-order valence-corrected chi connectivity index (χ1v) is 5.57. The van der Waals surface area contributed by atoms with Crippen molar-refractivity contribution in [1.82, 2.24) is 4.98 Å². The average molecular weight is 229 g/mol. The summed E-state index contributed by atoms with van der Waals surface area (Å²) in [5, 5.41) is 0.496. The number of hydrogen-bond donors (Lipinski definition) is 1. The van der Waals surface area contributed by atoms with Crippen LogP contribution >= 0.6 is 0 Å². The van der Waals surface area contributed by atoms with Gasteiger partial charge in [-0.25, -0.2) is 4.79 Å². The Morgan fingerprint density at radius 1 is 1.29 bits per heavy atom. The number of benzene rings is 1. The van der Waals surface area contributed by atoms with Gasteiger partial charge in [0, 0.05) is 0 Å². The van der Waals surface area contributed by atoms with Crippen molar-refractivity contribution in [2.24, 2.45) is 5.92 Å². The molecule has 3 nitrogen and oxygen atoms in total. The summed E-state index contributed by atoms with van der Waals surface area (Å²) in [6, 6.07) is 9.82. The van der Waals surface area contributed by atoms with Crippen molar-refractivity contribution in [2.45, 2.75) is 13.8 Å². The van der Waals surface area contributed by atoms with Gasteiger partial charge in [0.2, 0.25) is 0 Å². The third-order valence-electron chi connectivity index (χ3n) is 2.62. The van der Waals surface area contributed by atoms with E-state index >= 15 is 0 Å². The fraction of sp³-hybridized carbons (Fsp3) is 0.214. The van der Waals surface area contributed by atoms with Gasteiger partial charge in [-0.1, -0.05) is 44.2 Å². The minimum Gasteiger partial charge on any atom is -0.405 e.